The van der Waals surface area contributed by atoms with E-state index in [-0.39, 0.29) is 6.04 Å². The van der Waals surface area contributed by atoms with E-state index in [1.54, 1.807) is 0 Å². The molecule has 2 rings (SSSR count). The van der Waals surface area contributed by atoms with Crippen LogP contribution in [0, 0.1) is 5.92 Å². The second kappa shape index (κ2) is 5.17. The first-order valence-electron chi connectivity index (χ1n) is 5.85. The van der Waals surface area contributed by atoms with Crippen molar-refractivity contribution in [3.05, 3.63) is 34.9 Å². The van der Waals surface area contributed by atoms with E-state index in [2.05, 4.69) is 6.92 Å². The van der Waals surface area contributed by atoms with Crippen LogP contribution < -0.4 is 5.73 Å². The van der Waals surface area contributed by atoms with E-state index in [1.807, 2.05) is 24.3 Å². The highest BCUT2D eigenvalue weighted by atomic mass is 35.5. The fourth-order valence-corrected chi connectivity index (χ4v) is 2.55. The van der Waals surface area contributed by atoms with Gasteiger partial charge in [0.2, 0.25) is 0 Å². The first-order valence-corrected chi connectivity index (χ1v) is 6.22. The van der Waals surface area contributed by atoms with Gasteiger partial charge in [0, 0.05) is 23.6 Å². The maximum Gasteiger partial charge on any atom is 0.0619 e. The van der Waals surface area contributed by atoms with Gasteiger partial charge in [-0.05, 0) is 30.5 Å². The summed E-state index contributed by atoms with van der Waals surface area (Å²) in [7, 11) is 0. The molecule has 0 aliphatic carbocycles. The van der Waals surface area contributed by atoms with Crippen molar-refractivity contribution in [1.82, 2.24) is 0 Å². The molecule has 0 spiro atoms. The number of ether oxygens (including phenoxy) is 1. The summed E-state index contributed by atoms with van der Waals surface area (Å²) < 4.78 is 5.68. The van der Waals surface area contributed by atoms with E-state index < -0.39 is 0 Å². The highest BCUT2D eigenvalue weighted by Crippen LogP contribution is 2.33. The number of rotatable bonds is 3. The van der Waals surface area contributed by atoms with Crippen molar-refractivity contribution in [3.63, 3.8) is 0 Å². The molecule has 3 atom stereocenters. The van der Waals surface area contributed by atoms with E-state index in [0.29, 0.717) is 12.0 Å². The molecule has 2 nitrogen and oxygen atoms in total. The van der Waals surface area contributed by atoms with Crippen molar-refractivity contribution in [3.8, 4) is 0 Å². The fourth-order valence-electron chi connectivity index (χ4n) is 2.43. The van der Waals surface area contributed by atoms with Crippen LogP contribution in [0.5, 0.6) is 0 Å². The maximum absolute atomic E-state index is 6.29. The standard InChI is InChI=1S/C13H18ClNO/c1-2-12-11(7-8-16-12)13(15)9-3-5-10(14)6-4-9/h3-6,11-13H,2,7-8,15H2,1H3. The summed E-state index contributed by atoms with van der Waals surface area (Å²) in [6, 6.07) is 7.88. The molecule has 88 valence electrons. The summed E-state index contributed by atoms with van der Waals surface area (Å²) in [6.45, 7) is 2.99. The molecule has 0 amide bonds. The maximum atomic E-state index is 6.29. The van der Waals surface area contributed by atoms with Crippen molar-refractivity contribution in [1.29, 1.82) is 0 Å². The minimum absolute atomic E-state index is 0.0599. The zero-order chi connectivity index (χ0) is 11.5. The molecule has 1 aromatic rings. The molecule has 1 aromatic carbocycles. The zero-order valence-corrected chi connectivity index (χ0v) is 10.3. The normalized spacial score (nSPS) is 26.9. The van der Waals surface area contributed by atoms with Crippen molar-refractivity contribution in [2.24, 2.45) is 11.7 Å². The zero-order valence-electron chi connectivity index (χ0n) is 9.53. The molecule has 1 aliphatic heterocycles. The van der Waals surface area contributed by atoms with Gasteiger partial charge in [0.15, 0.2) is 0 Å². The van der Waals surface area contributed by atoms with Gasteiger partial charge in [-0.1, -0.05) is 30.7 Å². The average molecular weight is 240 g/mol. The predicted octanol–water partition coefficient (Wildman–Crippen LogP) is 3.15. The summed E-state index contributed by atoms with van der Waals surface area (Å²) >= 11 is 5.87. The Morgan fingerprint density at radius 2 is 2.12 bits per heavy atom. The van der Waals surface area contributed by atoms with Crippen molar-refractivity contribution in [2.45, 2.75) is 31.9 Å². The predicted molar refractivity (Wildman–Crippen MR) is 66.5 cm³/mol. The molecule has 16 heavy (non-hydrogen) atoms. The lowest BCUT2D eigenvalue weighted by Gasteiger charge is -2.24. The monoisotopic (exact) mass is 239 g/mol. The largest absolute Gasteiger partial charge is 0.378 e. The Labute approximate surface area is 102 Å². The van der Waals surface area contributed by atoms with Crippen molar-refractivity contribution >= 4 is 11.6 Å². The highest BCUT2D eigenvalue weighted by molar-refractivity contribution is 6.30. The molecule has 0 saturated carbocycles. The minimum atomic E-state index is 0.0599. The summed E-state index contributed by atoms with van der Waals surface area (Å²) in [5.41, 5.74) is 7.44. The van der Waals surface area contributed by atoms with Gasteiger partial charge in [0.1, 0.15) is 0 Å². The molecule has 3 unspecified atom stereocenters. The Hall–Kier alpha value is -0.570. The number of benzene rings is 1. The quantitative estimate of drug-likeness (QED) is 0.880. The number of nitrogens with two attached hydrogens (primary N) is 1. The molecule has 1 saturated heterocycles. The van der Waals surface area contributed by atoms with Gasteiger partial charge in [-0.2, -0.15) is 0 Å². The van der Waals surface area contributed by atoms with Gasteiger partial charge >= 0.3 is 0 Å². The van der Waals surface area contributed by atoms with Gasteiger partial charge < -0.3 is 10.5 Å². The van der Waals surface area contributed by atoms with Crippen molar-refractivity contribution < 1.29 is 4.74 Å². The Kier molecular flexibility index (Phi) is 3.85. The SMILES string of the molecule is CCC1OCCC1C(N)c1ccc(Cl)cc1. The molecule has 3 heteroatoms. The molecule has 1 heterocycles. The van der Waals surface area contributed by atoms with E-state index in [9.17, 15) is 0 Å². The number of halogens is 1. The molecule has 0 aromatic heterocycles. The molecule has 0 bridgehead atoms. The van der Waals surface area contributed by atoms with Crippen molar-refractivity contribution in [2.75, 3.05) is 6.61 Å². The van der Waals surface area contributed by atoms with Gasteiger partial charge in [0.25, 0.3) is 0 Å². The van der Waals surface area contributed by atoms with Gasteiger partial charge in [-0.25, -0.2) is 0 Å². The lowest BCUT2D eigenvalue weighted by atomic mass is 9.87. The highest BCUT2D eigenvalue weighted by Gasteiger charge is 2.32. The molecule has 2 N–H and O–H groups in total. The third-order valence-corrected chi connectivity index (χ3v) is 3.63. The number of hydrogen-bond donors (Lipinski definition) is 1. The number of hydrogen-bond acceptors (Lipinski definition) is 2. The topological polar surface area (TPSA) is 35.2 Å². The average Bonchev–Trinajstić information content (AvgIpc) is 2.77. The second-order valence-electron chi connectivity index (χ2n) is 4.35. The molecule has 1 fully saturated rings. The minimum Gasteiger partial charge on any atom is -0.378 e. The smallest absolute Gasteiger partial charge is 0.0619 e. The molecule has 1 aliphatic rings. The lowest BCUT2D eigenvalue weighted by molar-refractivity contribution is 0.0813. The first kappa shape index (κ1) is 11.9. The van der Waals surface area contributed by atoms with Crippen LogP contribution in [0.25, 0.3) is 0 Å². The molecular formula is C13H18ClNO. The Morgan fingerprint density at radius 1 is 1.44 bits per heavy atom. The van der Waals surface area contributed by atoms with Crippen LogP contribution in [0.15, 0.2) is 24.3 Å². The molecule has 0 radical (unpaired) electrons. The van der Waals surface area contributed by atoms with E-state index in [4.69, 9.17) is 22.1 Å². The Morgan fingerprint density at radius 3 is 2.75 bits per heavy atom. The second-order valence-corrected chi connectivity index (χ2v) is 4.78. The van der Waals surface area contributed by atoms with E-state index >= 15 is 0 Å². The van der Waals surface area contributed by atoms with Crippen LogP contribution in [0.2, 0.25) is 5.02 Å². The van der Waals surface area contributed by atoms with Crippen LogP contribution in [0.3, 0.4) is 0 Å². The van der Waals surface area contributed by atoms with Crippen LogP contribution in [-0.4, -0.2) is 12.7 Å². The van der Waals surface area contributed by atoms with Crippen LogP contribution in [0.1, 0.15) is 31.4 Å². The van der Waals surface area contributed by atoms with E-state index in [0.717, 1.165) is 30.0 Å². The fraction of sp³-hybridized carbons (Fsp3) is 0.538. The third kappa shape index (κ3) is 2.40. The van der Waals surface area contributed by atoms with Crippen LogP contribution in [-0.2, 0) is 4.74 Å². The van der Waals surface area contributed by atoms with Crippen LogP contribution in [0.4, 0.5) is 0 Å². The first-order chi connectivity index (χ1) is 7.72. The summed E-state index contributed by atoms with van der Waals surface area (Å²) in [4.78, 5) is 0. The summed E-state index contributed by atoms with van der Waals surface area (Å²) in [5, 5.41) is 0.755. The third-order valence-electron chi connectivity index (χ3n) is 3.38. The lowest BCUT2D eigenvalue weighted by Crippen LogP contribution is -2.27. The van der Waals surface area contributed by atoms with Crippen LogP contribution >= 0.6 is 11.6 Å². The summed E-state index contributed by atoms with van der Waals surface area (Å²) in [5.74, 6) is 0.436. The van der Waals surface area contributed by atoms with Gasteiger partial charge in [0.05, 0.1) is 6.10 Å². The van der Waals surface area contributed by atoms with Gasteiger partial charge in [-0.15, -0.1) is 0 Å². The molecular weight excluding hydrogens is 222 g/mol. The Balaban J connectivity index is 2.12. The van der Waals surface area contributed by atoms with Gasteiger partial charge in [-0.3, -0.25) is 0 Å². The Bertz CT molecular complexity index is 338. The summed E-state index contributed by atoms with van der Waals surface area (Å²) in [6.07, 6.45) is 2.40. The van der Waals surface area contributed by atoms with E-state index in [1.165, 1.54) is 0 Å².